The molecule has 0 saturated carbocycles. The fourth-order valence-electron chi connectivity index (χ4n) is 4.19. The Morgan fingerprint density at radius 2 is 1.96 bits per heavy atom. The molecule has 2 heterocycles. The quantitative estimate of drug-likeness (QED) is 0.426. The van der Waals surface area contributed by atoms with E-state index in [1.54, 1.807) is 0 Å². The van der Waals surface area contributed by atoms with Gasteiger partial charge in [-0.3, -0.25) is 4.79 Å². The molecule has 2 aliphatic heterocycles. The van der Waals surface area contributed by atoms with E-state index < -0.39 is 6.29 Å². The maximum atomic E-state index is 11.5. The molecule has 0 aromatic carbocycles. The van der Waals surface area contributed by atoms with Gasteiger partial charge in [0.05, 0.1) is 11.7 Å². The highest BCUT2D eigenvalue weighted by Gasteiger charge is 2.51. The second-order valence-corrected chi connectivity index (χ2v) is 8.45. The van der Waals surface area contributed by atoms with Crippen molar-refractivity contribution in [3.8, 4) is 0 Å². The minimum absolute atomic E-state index is 0.0934. The molecule has 1 fully saturated rings. The van der Waals surface area contributed by atoms with Crippen molar-refractivity contribution in [3.05, 3.63) is 34.4 Å². The van der Waals surface area contributed by atoms with E-state index in [1.165, 1.54) is 12.5 Å². The van der Waals surface area contributed by atoms with E-state index in [0.717, 1.165) is 42.4 Å². The van der Waals surface area contributed by atoms with Crippen LogP contribution in [0.5, 0.6) is 0 Å². The second-order valence-electron chi connectivity index (χ2n) is 8.45. The van der Waals surface area contributed by atoms with E-state index in [1.807, 2.05) is 19.9 Å². The van der Waals surface area contributed by atoms with Gasteiger partial charge in [0.25, 0.3) is 0 Å². The van der Waals surface area contributed by atoms with Crippen molar-refractivity contribution in [2.75, 3.05) is 0 Å². The lowest BCUT2D eigenvalue weighted by Crippen LogP contribution is -2.18. The first-order chi connectivity index (χ1) is 12.7. The SMILES string of the molecule is CC(=O)O[C@H]1/C=C(\C)CC[C@H]2O[C@]2(C)CCC2=C(C)C(O)O[C@H]2/C=C(\C)C1. The molecule has 1 unspecified atom stereocenters. The van der Waals surface area contributed by atoms with Crippen LogP contribution < -0.4 is 0 Å². The summed E-state index contributed by atoms with van der Waals surface area (Å²) in [5.74, 6) is -0.278. The highest BCUT2D eigenvalue weighted by molar-refractivity contribution is 5.66. The third-order valence-electron chi connectivity index (χ3n) is 5.97. The van der Waals surface area contributed by atoms with Crippen LogP contribution in [0.4, 0.5) is 0 Å². The van der Waals surface area contributed by atoms with Crippen LogP contribution in [-0.2, 0) is 19.0 Å². The fraction of sp³-hybridized carbons (Fsp3) is 0.682. The molecule has 27 heavy (non-hydrogen) atoms. The Bertz CT molecular complexity index is 689. The first-order valence-corrected chi connectivity index (χ1v) is 9.90. The van der Waals surface area contributed by atoms with Crippen LogP contribution in [0.3, 0.4) is 0 Å². The molecule has 1 N–H and O–H groups in total. The van der Waals surface area contributed by atoms with Gasteiger partial charge < -0.3 is 19.3 Å². The van der Waals surface area contributed by atoms with Crippen molar-refractivity contribution in [1.82, 2.24) is 0 Å². The van der Waals surface area contributed by atoms with Gasteiger partial charge in [-0.2, -0.15) is 0 Å². The van der Waals surface area contributed by atoms with Gasteiger partial charge in [0.2, 0.25) is 0 Å². The molecule has 1 saturated heterocycles. The lowest BCUT2D eigenvalue weighted by Gasteiger charge is -2.18. The van der Waals surface area contributed by atoms with Gasteiger partial charge in [0.1, 0.15) is 12.2 Å². The number of carbonyl (C=O) groups is 1. The number of aliphatic hydroxyl groups is 1. The zero-order chi connectivity index (χ0) is 19.8. The van der Waals surface area contributed by atoms with Crippen LogP contribution in [-0.4, -0.2) is 41.3 Å². The monoisotopic (exact) mass is 376 g/mol. The summed E-state index contributed by atoms with van der Waals surface area (Å²) in [5, 5.41) is 10.2. The summed E-state index contributed by atoms with van der Waals surface area (Å²) in [5.41, 5.74) is 4.25. The number of hydrogen-bond acceptors (Lipinski definition) is 5. The molecule has 0 aromatic rings. The second kappa shape index (κ2) is 7.90. The van der Waals surface area contributed by atoms with Crippen LogP contribution in [0, 0.1) is 0 Å². The molecule has 1 aliphatic carbocycles. The van der Waals surface area contributed by atoms with Gasteiger partial charge in [-0.25, -0.2) is 0 Å². The molecule has 150 valence electrons. The van der Waals surface area contributed by atoms with E-state index in [4.69, 9.17) is 14.2 Å². The third kappa shape index (κ3) is 4.89. The van der Waals surface area contributed by atoms with Crippen molar-refractivity contribution in [3.63, 3.8) is 0 Å². The molecule has 0 bridgehead atoms. The summed E-state index contributed by atoms with van der Waals surface area (Å²) in [4.78, 5) is 11.5. The maximum Gasteiger partial charge on any atom is 0.303 e. The van der Waals surface area contributed by atoms with Crippen molar-refractivity contribution < 1.29 is 24.1 Å². The summed E-state index contributed by atoms with van der Waals surface area (Å²) >= 11 is 0. The standard InChI is InChI=1S/C22H32O5/c1-13-6-7-20-22(5,27-20)9-8-18-15(3)21(24)26-19(18)12-14(2)11-17(10-13)25-16(4)23/h10,12,17,19-21,24H,6-9,11H2,1-5H3/b13-10+,14-12+/t17-,19-,20+,21?,22+/m0/s1. The first-order valence-electron chi connectivity index (χ1n) is 9.90. The number of aliphatic hydroxyl groups excluding tert-OH is 1. The molecule has 0 amide bonds. The maximum absolute atomic E-state index is 11.5. The molecular weight excluding hydrogens is 344 g/mol. The van der Waals surface area contributed by atoms with Gasteiger partial charge in [0.15, 0.2) is 6.29 Å². The zero-order valence-corrected chi connectivity index (χ0v) is 17.1. The Labute approximate surface area is 162 Å². The predicted molar refractivity (Wildman–Crippen MR) is 103 cm³/mol. The average molecular weight is 376 g/mol. The van der Waals surface area contributed by atoms with Crippen LogP contribution in [0.1, 0.15) is 66.7 Å². The molecule has 3 rings (SSSR count). The number of hydrogen-bond donors (Lipinski definition) is 1. The van der Waals surface area contributed by atoms with Crippen molar-refractivity contribution >= 4 is 5.97 Å². The summed E-state index contributed by atoms with van der Waals surface area (Å²) < 4.78 is 17.3. The lowest BCUT2D eigenvalue weighted by atomic mass is 9.90. The first kappa shape index (κ1) is 20.3. The van der Waals surface area contributed by atoms with Crippen LogP contribution in [0.15, 0.2) is 34.4 Å². The molecule has 0 spiro atoms. The molecule has 5 atom stereocenters. The molecule has 0 aromatic heterocycles. The molecule has 5 heteroatoms. The topological polar surface area (TPSA) is 68.3 Å². The van der Waals surface area contributed by atoms with Crippen LogP contribution in [0.2, 0.25) is 0 Å². The normalized spacial score (nSPS) is 41.4. The number of rotatable bonds is 1. The minimum atomic E-state index is -0.847. The predicted octanol–water partition coefficient (Wildman–Crippen LogP) is 3.97. The van der Waals surface area contributed by atoms with Crippen LogP contribution in [0.25, 0.3) is 0 Å². The molecule has 3 aliphatic rings. The summed E-state index contributed by atoms with van der Waals surface area (Å²) in [7, 11) is 0. The molecule has 0 radical (unpaired) electrons. The Balaban J connectivity index is 1.87. The van der Waals surface area contributed by atoms with Gasteiger partial charge >= 0.3 is 5.97 Å². The van der Waals surface area contributed by atoms with Gasteiger partial charge in [-0.15, -0.1) is 0 Å². The van der Waals surface area contributed by atoms with Crippen LogP contribution >= 0.6 is 0 Å². The van der Waals surface area contributed by atoms with Gasteiger partial charge in [-0.05, 0) is 70.6 Å². The summed E-state index contributed by atoms with van der Waals surface area (Å²) in [6.45, 7) is 9.66. The highest BCUT2D eigenvalue weighted by atomic mass is 16.6. The van der Waals surface area contributed by atoms with E-state index in [0.29, 0.717) is 6.42 Å². The van der Waals surface area contributed by atoms with E-state index in [9.17, 15) is 9.90 Å². The number of carbonyl (C=O) groups excluding carboxylic acids is 1. The number of ether oxygens (including phenoxy) is 3. The number of allylic oxidation sites excluding steroid dienone is 1. The van der Waals surface area contributed by atoms with Crippen molar-refractivity contribution in [2.45, 2.75) is 96.9 Å². The summed E-state index contributed by atoms with van der Waals surface area (Å²) in [6, 6.07) is 0. The summed E-state index contributed by atoms with van der Waals surface area (Å²) in [6.07, 6.45) is 7.32. The molecular formula is C22H32O5. The van der Waals surface area contributed by atoms with E-state index in [2.05, 4.69) is 19.9 Å². The lowest BCUT2D eigenvalue weighted by molar-refractivity contribution is -0.144. The fourth-order valence-corrected chi connectivity index (χ4v) is 4.19. The van der Waals surface area contributed by atoms with E-state index >= 15 is 0 Å². The highest BCUT2D eigenvalue weighted by Crippen LogP contribution is 2.45. The van der Waals surface area contributed by atoms with Crippen molar-refractivity contribution in [1.29, 1.82) is 0 Å². The molecule has 5 nitrogen and oxygen atoms in total. The zero-order valence-electron chi connectivity index (χ0n) is 17.1. The number of fused-ring (bicyclic) bond motifs is 2. The Hall–Kier alpha value is -1.43. The smallest absolute Gasteiger partial charge is 0.303 e. The third-order valence-corrected chi connectivity index (χ3v) is 5.97. The largest absolute Gasteiger partial charge is 0.458 e. The average Bonchev–Trinajstić information content (AvgIpc) is 3.13. The van der Waals surface area contributed by atoms with Gasteiger partial charge in [-0.1, -0.05) is 17.2 Å². The number of esters is 1. The minimum Gasteiger partial charge on any atom is -0.458 e. The van der Waals surface area contributed by atoms with E-state index in [-0.39, 0.29) is 29.9 Å². The van der Waals surface area contributed by atoms with Crippen molar-refractivity contribution in [2.24, 2.45) is 0 Å². The number of epoxide rings is 1. The Morgan fingerprint density at radius 3 is 2.67 bits per heavy atom. The Morgan fingerprint density at radius 1 is 1.22 bits per heavy atom. The van der Waals surface area contributed by atoms with Gasteiger partial charge in [0, 0.05) is 13.3 Å². The Kier molecular flexibility index (Phi) is 5.94.